The number of nitrogens with one attached hydrogen (secondary N) is 1. The molecular weight excluding hydrogens is 322 g/mol. The molecule has 0 aliphatic heterocycles. The largest absolute Gasteiger partial charge is 0.478 e. The summed E-state index contributed by atoms with van der Waals surface area (Å²) in [5.74, 6) is -0.641. The lowest BCUT2D eigenvalue weighted by Crippen LogP contribution is -2.00. The van der Waals surface area contributed by atoms with Crippen LogP contribution in [0.4, 0.5) is 11.6 Å². The number of halogens is 1. The summed E-state index contributed by atoms with van der Waals surface area (Å²) in [5.41, 5.74) is 1.50. The van der Waals surface area contributed by atoms with Crippen LogP contribution in [0.3, 0.4) is 0 Å². The highest BCUT2D eigenvalue weighted by atomic mass is 35.5. The molecule has 0 aliphatic carbocycles. The van der Waals surface area contributed by atoms with Crippen molar-refractivity contribution < 1.29 is 9.90 Å². The summed E-state index contributed by atoms with van der Waals surface area (Å²) in [7, 11) is 0. The molecule has 3 aromatic rings. The van der Waals surface area contributed by atoms with Crippen LogP contribution in [0.2, 0.25) is 5.02 Å². The Bertz CT molecular complexity index is 821. The van der Waals surface area contributed by atoms with Gasteiger partial charge in [0.2, 0.25) is 5.95 Å². The molecule has 0 unspecified atom stereocenters. The maximum atomic E-state index is 10.9. The molecular formula is C15H10ClN3O2S. The van der Waals surface area contributed by atoms with E-state index in [2.05, 4.69) is 15.3 Å². The minimum atomic E-state index is -1.06. The Kier molecular flexibility index (Phi) is 4.04. The smallest absolute Gasteiger partial charge is 0.337 e. The third-order valence-corrected chi connectivity index (χ3v) is 4.09. The molecule has 0 radical (unpaired) electrons. The molecule has 0 spiro atoms. The molecule has 0 saturated carbocycles. The molecule has 5 nitrogen and oxygen atoms in total. The Labute approximate surface area is 135 Å². The number of aromatic nitrogens is 2. The highest BCUT2D eigenvalue weighted by molar-refractivity contribution is 7.13. The van der Waals surface area contributed by atoms with Crippen molar-refractivity contribution in [2.45, 2.75) is 0 Å². The van der Waals surface area contributed by atoms with E-state index in [1.807, 2.05) is 23.6 Å². The number of aromatic carboxylic acids is 1. The zero-order valence-corrected chi connectivity index (χ0v) is 12.7. The molecule has 0 fully saturated rings. The van der Waals surface area contributed by atoms with Gasteiger partial charge in [-0.1, -0.05) is 17.7 Å². The second-order valence-electron chi connectivity index (χ2n) is 4.37. The Hall–Kier alpha value is -2.44. The Morgan fingerprint density at radius 1 is 1.27 bits per heavy atom. The van der Waals surface area contributed by atoms with Crippen molar-refractivity contribution >= 4 is 40.5 Å². The van der Waals surface area contributed by atoms with Gasteiger partial charge in [0.15, 0.2) is 0 Å². The first-order valence-electron chi connectivity index (χ1n) is 6.30. The second-order valence-corrected chi connectivity index (χ2v) is 5.72. The van der Waals surface area contributed by atoms with Gasteiger partial charge >= 0.3 is 5.97 Å². The van der Waals surface area contributed by atoms with Crippen LogP contribution in [0.25, 0.3) is 10.6 Å². The fraction of sp³-hybridized carbons (Fsp3) is 0. The summed E-state index contributed by atoms with van der Waals surface area (Å²) >= 11 is 7.54. The minimum absolute atomic E-state index is 0.0560. The fourth-order valence-corrected chi connectivity index (χ4v) is 2.83. The molecule has 0 bridgehead atoms. The fourth-order valence-electron chi connectivity index (χ4n) is 1.88. The van der Waals surface area contributed by atoms with Crippen LogP contribution < -0.4 is 5.32 Å². The van der Waals surface area contributed by atoms with E-state index in [4.69, 9.17) is 16.7 Å². The lowest BCUT2D eigenvalue weighted by Gasteiger charge is -2.07. The summed E-state index contributed by atoms with van der Waals surface area (Å²) in [6.07, 6.45) is 1.66. The van der Waals surface area contributed by atoms with Crippen LogP contribution in [0, 0.1) is 0 Å². The SMILES string of the molecule is O=C(O)c1ccc(Nc2nccc(-c3cccs3)n2)cc1Cl. The maximum absolute atomic E-state index is 10.9. The summed E-state index contributed by atoms with van der Waals surface area (Å²) in [6, 6.07) is 10.4. The molecule has 2 N–H and O–H groups in total. The molecule has 3 rings (SSSR count). The van der Waals surface area contributed by atoms with E-state index in [1.54, 1.807) is 23.6 Å². The predicted octanol–water partition coefficient (Wildman–Crippen LogP) is 4.30. The lowest BCUT2D eigenvalue weighted by atomic mass is 10.2. The minimum Gasteiger partial charge on any atom is -0.478 e. The summed E-state index contributed by atoms with van der Waals surface area (Å²) in [4.78, 5) is 20.6. The molecule has 1 aromatic carbocycles. The first-order chi connectivity index (χ1) is 10.6. The van der Waals surface area contributed by atoms with Crippen LogP contribution >= 0.6 is 22.9 Å². The molecule has 0 amide bonds. The van der Waals surface area contributed by atoms with Gasteiger partial charge in [0, 0.05) is 11.9 Å². The number of carboxylic acids is 1. The standard InChI is InChI=1S/C15H10ClN3O2S/c16-11-8-9(3-4-10(11)14(20)21)18-15-17-6-5-12(19-15)13-2-1-7-22-13/h1-8H,(H,20,21)(H,17,18,19). The van der Waals surface area contributed by atoms with Crippen molar-refractivity contribution in [1.29, 1.82) is 0 Å². The Balaban J connectivity index is 1.86. The van der Waals surface area contributed by atoms with Gasteiger partial charge in [-0.2, -0.15) is 0 Å². The first-order valence-corrected chi connectivity index (χ1v) is 7.56. The van der Waals surface area contributed by atoms with Gasteiger partial charge in [0.1, 0.15) is 0 Å². The first kappa shape index (κ1) is 14.5. The number of hydrogen-bond acceptors (Lipinski definition) is 5. The third-order valence-electron chi connectivity index (χ3n) is 2.88. The summed E-state index contributed by atoms with van der Waals surface area (Å²) in [5, 5.41) is 14.1. The van der Waals surface area contributed by atoms with Crippen LogP contribution in [0.1, 0.15) is 10.4 Å². The van der Waals surface area contributed by atoms with Gasteiger partial charge in [-0.15, -0.1) is 11.3 Å². The third kappa shape index (κ3) is 3.08. The van der Waals surface area contributed by atoms with E-state index >= 15 is 0 Å². The zero-order valence-electron chi connectivity index (χ0n) is 11.2. The number of nitrogens with zero attached hydrogens (tertiary/aromatic N) is 2. The highest BCUT2D eigenvalue weighted by Gasteiger charge is 2.10. The van der Waals surface area contributed by atoms with E-state index in [-0.39, 0.29) is 10.6 Å². The van der Waals surface area contributed by atoms with Crippen molar-refractivity contribution in [3.63, 3.8) is 0 Å². The number of carboxylic acid groups (broad SMARTS) is 1. The molecule has 0 saturated heterocycles. The van der Waals surface area contributed by atoms with Crippen LogP contribution in [0.5, 0.6) is 0 Å². The van der Waals surface area contributed by atoms with Gasteiger partial charge in [0.05, 0.1) is 21.2 Å². The predicted molar refractivity (Wildman–Crippen MR) is 87.0 cm³/mol. The number of carbonyl (C=O) groups is 1. The van der Waals surface area contributed by atoms with Crippen molar-refractivity contribution in [3.05, 3.63) is 58.6 Å². The van der Waals surface area contributed by atoms with Crippen molar-refractivity contribution in [2.24, 2.45) is 0 Å². The topological polar surface area (TPSA) is 75.1 Å². The normalized spacial score (nSPS) is 10.4. The van der Waals surface area contributed by atoms with E-state index in [0.29, 0.717) is 11.6 Å². The maximum Gasteiger partial charge on any atom is 0.337 e. The number of rotatable bonds is 4. The van der Waals surface area contributed by atoms with Crippen LogP contribution in [-0.4, -0.2) is 21.0 Å². The number of benzene rings is 1. The quantitative estimate of drug-likeness (QED) is 0.745. The zero-order chi connectivity index (χ0) is 15.5. The number of anilines is 2. The number of thiophene rings is 1. The van der Waals surface area contributed by atoms with E-state index < -0.39 is 5.97 Å². The molecule has 22 heavy (non-hydrogen) atoms. The Morgan fingerprint density at radius 2 is 2.14 bits per heavy atom. The number of hydrogen-bond donors (Lipinski definition) is 2. The van der Waals surface area contributed by atoms with E-state index in [0.717, 1.165) is 10.6 Å². The average molecular weight is 332 g/mol. The molecule has 110 valence electrons. The average Bonchev–Trinajstić information content (AvgIpc) is 3.01. The van der Waals surface area contributed by atoms with Gasteiger partial charge in [0.25, 0.3) is 0 Å². The summed E-state index contributed by atoms with van der Waals surface area (Å²) < 4.78 is 0. The van der Waals surface area contributed by atoms with Crippen molar-refractivity contribution in [2.75, 3.05) is 5.32 Å². The molecule has 0 aliphatic rings. The molecule has 0 atom stereocenters. The van der Waals surface area contributed by atoms with Crippen molar-refractivity contribution in [3.8, 4) is 10.6 Å². The van der Waals surface area contributed by atoms with Gasteiger partial charge < -0.3 is 10.4 Å². The van der Waals surface area contributed by atoms with Crippen LogP contribution in [-0.2, 0) is 0 Å². The highest BCUT2D eigenvalue weighted by Crippen LogP contribution is 2.25. The van der Waals surface area contributed by atoms with Crippen LogP contribution in [0.15, 0.2) is 48.0 Å². The van der Waals surface area contributed by atoms with Crippen molar-refractivity contribution in [1.82, 2.24) is 9.97 Å². The van der Waals surface area contributed by atoms with E-state index in [9.17, 15) is 4.79 Å². The van der Waals surface area contributed by atoms with Gasteiger partial charge in [-0.05, 0) is 35.7 Å². The Morgan fingerprint density at radius 3 is 2.82 bits per heavy atom. The van der Waals surface area contributed by atoms with Gasteiger partial charge in [-0.25, -0.2) is 14.8 Å². The lowest BCUT2D eigenvalue weighted by molar-refractivity contribution is 0.0697. The molecule has 7 heteroatoms. The molecule has 2 heterocycles. The summed E-state index contributed by atoms with van der Waals surface area (Å²) in [6.45, 7) is 0. The van der Waals surface area contributed by atoms with E-state index in [1.165, 1.54) is 12.1 Å². The second kappa shape index (κ2) is 6.13. The molecule has 2 aromatic heterocycles. The monoisotopic (exact) mass is 331 g/mol. The van der Waals surface area contributed by atoms with Gasteiger partial charge in [-0.3, -0.25) is 0 Å².